The van der Waals surface area contributed by atoms with Gasteiger partial charge in [0, 0.05) is 25.2 Å². The summed E-state index contributed by atoms with van der Waals surface area (Å²) in [7, 11) is 1.72. The Labute approximate surface area is 142 Å². The van der Waals surface area contributed by atoms with E-state index in [2.05, 4.69) is 10.1 Å². The summed E-state index contributed by atoms with van der Waals surface area (Å²) in [6.07, 6.45) is -2.05. The van der Waals surface area contributed by atoms with E-state index in [1.54, 1.807) is 24.7 Å². The Morgan fingerprint density at radius 1 is 1.48 bits per heavy atom. The molecule has 25 heavy (non-hydrogen) atoms. The number of hydrogen-bond donors (Lipinski definition) is 0. The number of nitrogens with zero attached hydrogens (tertiary/aromatic N) is 4. The number of hydrogen-bond acceptors (Lipinski definition) is 4. The van der Waals surface area contributed by atoms with Crippen LogP contribution in [0.3, 0.4) is 0 Å². The number of rotatable bonds is 3. The van der Waals surface area contributed by atoms with Crippen LogP contribution < -0.4 is 0 Å². The Kier molecular flexibility index (Phi) is 4.68. The molecule has 3 rings (SSSR count). The summed E-state index contributed by atoms with van der Waals surface area (Å²) < 4.78 is 45.8. The van der Waals surface area contributed by atoms with Crippen LogP contribution in [0.5, 0.6) is 0 Å². The zero-order valence-corrected chi connectivity index (χ0v) is 14.0. The van der Waals surface area contributed by atoms with Crippen molar-refractivity contribution in [2.24, 2.45) is 7.05 Å². The zero-order chi connectivity index (χ0) is 18.2. The van der Waals surface area contributed by atoms with Crippen molar-refractivity contribution in [2.45, 2.75) is 32.0 Å². The molecule has 2 aromatic heterocycles. The summed E-state index contributed by atoms with van der Waals surface area (Å²) in [5.41, 5.74) is 1.37. The largest absolute Gasteiger partial charge is 0.406 e. The fourth-order valence-corrected chi connectivity index (χ4v) is 3.12. The number of ether oxygens (including phenoxy) is 1. The van der Waals surface area contributed by atoms with Gasteiger partial charge in [-0.05, 0) is 25.8 Å². The lowest BCUT2D eigenvalue weighted by atomic mass is 10.1. The molecule has 1 fully saturated rings. The molecule has 136 valence electrons. The lowest BCUT2D eigenvalue weighted by molar-refractivity contribution is -0.148. The van der Waals surface area contributed by atoms with Crippen molar-refractivity contribution in [1.29, 1.82) is 0 Å². The fourth-order valence-electron chi connectivity index (χ4n) is 3.12. The van der Waals surface area contributed by atoms with Crippen LogP contribution in [-0.4, -0.2) is 57.5 Å². The van der Waals surface area contributed by atoms with E-state index in [1.807, 2.05) is 0 Å². The molecule has 0 bridgehead atoms. The van der Waals surface area contributed by atoms with Gasteiger partial charge in [-0.3, -0.25) is 9.48 Å². The van der Waals surface area contributed by atoms with Crippen LogP contribution in [0.15, 0.2) is 12.3 Å². The number of pyridine rings is 1. The minimum Gasteiger partial charge on any atom is -0.379 e. The van der Waals surface area contributed by atoms with E-state index < -0.39 is 24.7 Å². The third kappa shape index (κ3) is 3.76. The van der Waals surface area contributed by atoms with Gasteiger partial charge in [0.25, 0.3) is 5.91 Å². The molecule has 0 N–H and O–H groups in total. The van der Waals surface area contributed by atoms with E-state index in [1.165, 1.54) is 6.20 Å². The van der Waals surface area contributed by atoms with Crippen molar-refractivity contribution in [3.05, 3.63) is 23.5 Å². The smallest absolute Gasteiger partial charge is 0.379 e. The van der Waals surface area contributed by atoms with Gasteiger partial charge >= 0.3 is 6.18 Å². The second kappa shape index (κ2) is 6.62. The Balaban J connectivity index is 1.94. The number of carbonyl (C=O) groups excluding carboxylic acids is 1. The molecule has 1 aliphatic rings. The molecular formula is C16H19F3N4O2. The average Bonchev–Trinajstić information content (AvgIpc) is 2.86. The van der Waals surface area contributed by atoms with Gasteiger partial charge in [-0.2, -0.15) is 18.3 Å². The van der Waals surface area contributed by atoms with Crippen molar-refractivity contribution in [3.63, 3.8) is 0 Å². The molecule has 0 aromatic carbocycles. The molecule has 0 radical (unpaired) electrons. The quantitative estimate of drug-likeness (QED) is 0.848. The minimum absolute atomic E-state index is 0.114. The topological polar surface area (TPSA) is 60.2 Å². The maximum atomic E-state index is 13.0. The van der Waals surface area contributed by atoms with Crippen LogP contribution in [0.1, 0.15) is 28.9 Å². The molecule has 0 aliphatic carbocycles. The number of fused-ring (bicyclic) bond motifs is 1. The molecule has 0 unspecified atom stereocenters. The van der Waals surface area contributed by atoms with Gasteiger partial charge < -0.3 is 9.64 Å². The third-order valence-electron chi connectivity index (χ3n) is 4.30. The second-order valence-electron chi connectivity index (χ2n) is 6.22. The highest BCUT2D eigenvalue weighted by molar-refractivity contribution is 5.97. The molecular weight excluding hydrogens is 337 g/mol. The Hall–Kier alpha value is -2.16. The molecule has 1 amide bonds. The fraction of sp³-hybridized carbons (Fsp3) is 0.562. The predicted molar refractivity (Wildman–Crippen MR) is 84.2 cm³/mol. The normalized spacial score (nSPS) is 18.5. The van der Waals surface area contributed by atoms with E-state index in [9.17, 15) is 18.0 Å². The van der Waals surface area contributed by atoms with Gasteiger partial charge in [0.15, 0.2) is 5.65 Å². The number of aromatic nitrogens is 3. The first-order chi connectivity index (χ1) is 11.8. The van der Waals surface area contributed by atoms with Crippen LogP contribution in [0, 0.1) is 6.92 Å². The van der Waals surface area contributed by atoms with Gasteiger partial charge in [-0.15, -0.1) is 0 Å². The Bertz CT molecular complexity index is 782. The van der Waals surface area contributed by atoms with Crippen molar-refractivity contribution in [1.82, 2.24) is 19.7 Å². The summed E-state index contributed by atoms with van der Waals surface area (Å²) >= 11 is 0. The molecule has 1 atom stereocenters. The first kappa shape index (κ1) is 17.7. The van der Waals surface area contributed by atoms with E-state index >= 15 is 0 Å². The highest BCUT2D eigenvalue weighted by Gasteiger charge is 2.37. The van der Waals surface area contributed by atoms with E-state index in [4.69, 9.17) is 4.74 Å². The molecule has 1 aliphatic heterocycles. The lowest BCUT2D eigenvalue weighted by Crippen LogP contribution is -2.49. The van der Waals surface area contributed by atoms with Crippen molar-refractivity contribution < 1.29 is 22.7 Å². The molecule has 1 saturated heterocycles. The summed E-state index contributed by atoms with van der Waals surface area (Å²) in [6.45, 7) is 1.08. The highest BCUT2D eigenvalue weighted by Crippen LogP contribution is 2.25. The van der Waals surface area contributed by atoms with Crippen molar-refractivity contribution in [2.75, 3.05) is 19.8 Å². The van der Waals surface area contributed by atoms with Gasteiger partial charge in [0.1, 0.15) is 6.54 Å². The standard InChI is InChI=1S/C16H19F3N4O2/c1-10-13-6-11(7-20-14(13)22(2)21-10)15(24)23(9-16(17,18)19)12-4-3-5-25-8-12/h6-7,12H,3-5,8-9H2,1-2H3/t12-/m0/s1. The van der Waals surface area contributed by atoms with Crippen LogP contribution in [0.4, 0.5) is 13.2 Å². The summed E-state index contributed by atoms with van der Waals surface area (Å²) in [4.78, 5) is 17.8. The number of amides is 1. The Morgan fingerprint density at radius 2 is 2.24 bits per heavy atom. The monoisotopic (exact) mass is 356 g/mol. The number of halogens is 3. The first-order valence-corrected chi connectivity index (χ1v) is 8.01. The van der Waals surface area contributed by atoms with Gasteiger partial charge in [-0.1, -0.05) is 0 Å². The number of alkyl halides is 3. The maximum absolute atomic E-state index is 13.0. The lowest BCUT2D eigenvalue weighted by Gasteiger charge is -2.34. The first-order valence-electron chi connectivity index (χ1n) is 8.01. The van der Waals surface area contributed by atoms with Gasteiger partial charge in [-0.25, -0.2) is 4.98 Å². The summed E-state index contributed by atoms with van der Waals surface area (Å²) in [6, 6.07) is 0.966. The number of aryl methyl sites for hydroxylation is 2. The zero-order valence-electron chi connectivity index (χ0n) is 14.0. The third-order valence-corrected chi connectivity index (χ3v) is 4.30. The molecule has 2 aromatic rings. The molecule has 9 heteroatoms. The van der Waals surface area contributed by atoms with Crippen molar-refractivity contribution in [3.8, 4) is 0 Å². The van der Waals surface area contributed by atoms with Crippen LogP contribution in [0.25, 0.3) is 11.0 Å². The van der Waals surface area contributed by atoms with Gasteiger partial charge in [0.05, 0.1) is 23.9 Å². The molecule has 6 nitrogen and oxygen atoms in total. The minimum atomic E-state index is -4.48. The predicted octanol–water partition coefficient (Wildman–Crippen LogP) is 2.46. The molecule has 3 heterocycles. The second-order valence-corrected chi connectivity index (χ2v) is 6.22. The van der Waals surface area contributed by atoms with Crippen LogP contribution in [0.2, 0.25) is 0 Å². The number of carbonyl (C=O) groups is 1. The summed E-state index contributed by atoms with van der Waals surface area (Å²) in [5.74, 6) is -0.689. The van der Waals surface area contributed by atoms with Crippen LogP contribution in [-0.2, 0) is 11.8 Å². The van der Waals surface area contributed by atoms with Crippen molar-refractivity contribution >= 4 is 16.9 Å². The van der Waals surface area contributed by atoms with E-state index in [0.29, 0.717) is 36.2 Å². The molecule has 0 saturated carbocycles. The SMILES string of the molecule is Cc1nn(C)c2ncc(C(=O)N(CC(F)(F)F)[C@H]3CCCOC3)cc12. The highest BCUT2D eigenvalue weighted by atomic mass is 19.4. The summed E-state index contributed by atoms with van der Waals surface area (Å²) in [5, 5.41) is 4.87. The van der Waals surface area contributed by atoms with E-state index in [-0.39, 0.29) is 12.2 Å². The Morgan fingerprint density at radius 3 is 2.88 bits per heavy atom. The van der Waals surface area contributed by atoms with Crippen LogP contribution >= 0.6 is 0 Å². The van der Waals surface area contributed by atoms with E-state index in [0.717, 1.165) is 4.90 Å². The molecule has 0 spiro atoms. The van der Waals surface area contributed by atoms with Gasteiger partial charge in [0.2, 0.25) is 0 Å². The average molecular weight is 356 g/mol. The maximum Gasteiger partial charge on any atom is 0.406 e.